The Balaban J connectivity index is 1.90. The maximum absolute atomic E-state index is 5.96. The van der Waals surface area contributed by atoms with Crippen molar-refractivity contribution in [2.45, 2.75) is 31.7 Å². The van der Waals surface area contributed by atoms with E-state index in [1.165, 1.54) is 31.4 Å². The molecule has 0 aliphatic carbocycles. The van der Waals surface area contributed by atoms with E-state index in [0.29, 0.717) is 16.1 Å². The molecule has 0 saturated carbocycles. The molecule has 1 nitrogen and oxygen atoms in total. The lowest BCUT2D eigenvalue weighted by Gasteiger charge is -2.09. The summed E-state index contributed by atoms with van der Waals surface area (Å²) >= 11 is 11.8. The highest BCUT2D eigenvalue weighted by molar-refractivity contribution is 6.42. The monoisotopic (exact) mass is 243 g/mol. The van der Waals surface area contributed by atoms with Crippen molar-refractivity contribution >= 4 is 23.2 Å². The van der Waals surface area contributed by atoms with E-state index < -0.39 is 0 Å². The van der Waals surface area contributed by atoms with Gasteiger partial charge in [0.25, 0.3) is 0 Å². The molecule has 1 heterocycles. The smallest absolute Gasteiger partial charge is 0.0595 e. The number of halogens is 2. The largest absolute Gasteiger partial charge is 0.314 e. The molecule has 15 heavy (non-hydrogen) atoms. The summed E-state index contributed by atoms with van der Waals surface area (Å²) in [4.78, 5) is 0. The summed E-state index contributed by atoms with van der Waals surface area (Å²) in [7, 11) is 0. The van der Waals surface area contributed by atoms with E-state index in [4.69, 9.17) is 23.2 Å². The SMILES string of the molecule is Clc1ccc(CC[C@@H]2CCCN2)cc1Cl. The summed E-state index contributed by atoms with van der Waals surface area (Å²) in [5.41, 5.74) is 1.28. The molecule has 1 saturated heterocycles. The molecule has 1 N–H and O–H groups in total. The van der Waals surface area contributed by atoms with Crippen molar-refractivity contribution in [3.05, 3.63) is 33.8 Å². The third-order valence-electron chi connectivity index (χ3n) is 2.93. The zero-order valence-corrected chi connectivity index (χ0v) is 10.1. The number of hydrogen-bond acceptors (Lipinski definition) is 1. The summed E-state index contributed by atoms with van der Waals surface area (Å²) in [6.45, 7) is 1.17. The Morgan fingerprint density at radius 2 is 2.13 bits per heavy atom. The van der Waals surface area contributed by atoms with Crippen molar-refractivity contribution in [3.63, 3.8) is 0 Å². The van der Waals surface area contributed by atoms with Gasteiger partial charge in [-0.1, -0.05) is 29.3 Å². The van der Waals surface area contributed by atoms with Crippen molar-refractivity contribution in [3.8, 4) is 0 Å². The molecule has 2 rings (SSSR count). The molecule has 0 radical (unpaired) electrons. The van der Waals surface area contributed by atoms with Gasteiger partial charge in [0.1, 0.15) is 0 Å². The standard InChI is InChI=1S/C12H15Cl2N/c13-11-6-4-9(8-12(11)14)3-5-10-2-1-7-15-10/h4,6,8,10,15H,1-3,5,7H2/t10-/m0/s1. The lowest BCUT2D eigenvalue weighted by atomic mass is 10.0. The molecule has 1 atom stereocenters. The van der Waals surface area contributed by atoms with E-state index in [9.17, 15) is 0 Å². The highest BCUT2D eigenvalue weighted by Crippen LogP contribution is 2.23. The van der Waals surface area contributed by atoms with Crippen molar-refractivity contribution in [2.24, 2.45) is 0 Å². The fourth-order valence-corrected chi connectivity index (χ4v) is 2.36. The first-order valence-electron chi connectivity index (χ1n) is 5.43. The van der Waals surface area contributed by atoms with E-state index in [1.54, 1.807) is 0 Å². The van der Waals surface area contributed by atoms with Crippen LogP contribution in [0.5, 0.6) is 0 Å². The molecule has 82 valence electrons. The number of nitrogens with one attached hydrogen (secondary N) is 1. The summed E-state index contributed by atoms with van der Waals surface area (Å²) in [5, 5.41) is 4.79. The van der Waals surface area contributed by atoms with Gasteiger partial charge in [0.15, 0.2) is 0 Å². The lowest BCUT2D eigenvalue weighted by Crippen LogP contribution is -2.21. The van der Waals surface area contributed by atoms with Crippen LogP contribution in [-0.4, -0.2) is 12.6 Å². The summed E-state index contributed by atoms with van der Waals surface area (Å²) in [6.07, 6.45) is 4.89. The Morgan fingerprint density at radius 3 is 2.80 bits per heavy atom. The maximum atomic E-state index is 5.96. The predicted molar refractivity (Wildman–Crippen MR) is 65.8 cm³/mol. The van der Waals surface area contributed by atoms with Crippen molar-refractivity contribution in [1.29, 1.82) is 0 Å². The number of benzene rings is 1. The van der Waals surface area contributed by atoms with Crippen LogP contribution in [0.4, 0.5) is 0 Å². The van der Waals surface area contributed by atoms with Crippen LogP contribution in [0.1, 0.15) is 24.8 Å². The van der Waals surface area contributed by atoms with E-state index >= 15 is 0 Å². The predicted octanol–water partition coefficient (Wildman–Crippen LogP) is 3.68. The molecule has 1 aliphatic rings. The molecular weight excluding hydrogens is 229 g/mol. The Labute approximate surface area is 101 Å². The van der Waals surface area contributed by atoms with Gasteiger partial charge < -0.3 is 5.32 Å². The molecule has 0 unspecified atom stereocenters. The topological polar surface area (TPSA) is 12.0 Å². The minimum absolute atomic E-state index is 0.638. The van der Waals surface area contributed by atoms with Gasteiger partial charge in [-0.15, -0.1) is 0 Å². The van der Waals surface area contributed by atoms with Crippen LogP contribution in [0.3, 0.4) is 0 Å². The molecule has 1 aromatic rings. The average molecular weight is 244 g/mol. The van der Waals surface area contributed by atoms with Gasteiger partial charge in [-0.05, 0) is 49.9 Å². The Morgan fingerprint density at radius 1 is 1.27 bits per heavy atom. The van der Waals surface area contributed by atoms with Crippen LogP contribution in [0, 0.1) is 0 Å². The van der Waals surface area contributed by atoms with Crippen LogP contribution in [-0.2, 0) is 6.42 Å². The molecule has 3 heteroatoms. The maximum Gasteiger partial charge on any atom is 0.0595 e. The van der Waals surface area contributed by atoms with Crippen molar-refractivity contribution in [1.82, 2.24) is 5.32 Å². The average Bonchev–Trinajstić information content (AvgIpc) is 2.73. The summed E-state index contributed by atoms with van der Waals surface area (Å²) in [5.74, 6) is 0. The fourth-order valence-electron chi connectivity index (χ4n) is 2.04. The van der Waals surface area contributed by atoms with Gasteiger partial charge in [-0.2, -0.15) is 0 Å². The quantitative estimate of drug-likeness (QED) is 0.855. The lowest BCUT2D eigenvalue weighted by molar-refractivity contribution is 0.559. The number of aryl methyl sites for hydroxylation is 1. The van der Waals surface area contributed by atoms with E-state index in [1.807, 2.05) is 12.1 Å². The zero-order chi connectivity index (χ0) is 10.7. The Bertz CT molecular complexity index is 332. The van der Waals surface area contributed by atoms with Gasteiger partial charge in [0.2, 0.25) is 0 Å². The van der Waals surface area contributed by atoms with Crippen molar-refractivity contribution < 1.29 is 0 Å². The minimum atomic E-state index is 0.638. The summed E-state index contributed by atoms with van der Waals surface area (Å²) < 4.78 is 0. The molecule has 1 aliphatic heterocycles. The second-order valence-corrected chi connectivity index (χ2v) is 4.89. The van der Waals surface area contributed by atoms with E-state index in [-0.39, 0.29) is 0 Å². The van der Waals surface area contributed by atoms with Gasteiger partial charge >= 0.3 is 0 Å². The van der Waals surface area contributed by atoms with Crippen LogP contribution >= 0.6 is 23.2 Å². The second-order valence-electron chi connectivity index (χ2n) is 4.08. The van der Waals surface area contributed by atoms with Crippen LogP contribution in [0.25, 0.3) is 0 Å². The van der Waals surface area contributed by atoms with Gasteiger partial charge in [0, 0.05) is 6.04 Å². The van der Waals surface area contributed by atoms with Gasteiger partial charge in [-0.25, -0.2) is 0 Å². The first-order chi connectivity index (χ1) is 7.25. The zero-order valence-electron chi connectivity index (χ0n) is 8.60. The first kappa shape index (κ1) is 11.3. The molecular formula is C12H15Cl2N. The third kappa shape index (κ3) is 3.10. The van der Waals surface area contributed by atoms with Crippen LogP contribution in [0.2, 0.25) is 10.0 Å². The summed E-state index contributed by atoms with van der Waals surface area (Å²) in [6, 6.07) is 6.60. The van der Waals surface area contributed by atoms with Gasteiger partial charge in [-0.3, -0.25) is 0 Å². The molecule has 0 amide bonds. The Hall–Kier alpha value is -0.240. The van der Waals surface area contributed by atoms with Crippen LogP contribution in [0.15, 0.2) is 18.2 Å². The first-order valence-corrected chi connectivity index (χ1v) is 6.18. The second kappa shape index (κ2) is 5.20. The van der Waals surface area contributed by atoms with Gasteiger partial charge in [0.05, 0.1) is 10.0 Å². The van der Waals surface area contributed by atoms with E-state index in [2.05, 4.69) is 11.4 Å². The molecule has 0 aromatic heterocycles. The van der Waals surface area contributed by atoms with Crippen LogP contribution < -0.4 is 5.32 Å². The normalized spacial score (nSPS) is 20.8. The molecule has 1 fully saturated rings. The molecule has 1 aromatic carbocycles. The minimum Gasteiger partial charge on any atom is -0.314 e. The number of hydrogen-bond donors (Lipinski definition) is 1. The highest BCUT2D eigenvalue weighted by atomic mass is 35.5. The third-order valence-corrected chi connectivity index (χ3v) is 3.67. The molecule has 0 bridgehead atoms. The number of rotatable bonds is 3. The Kier molecular flexibility index (Phi) is 3.90. The highest BCUT2D eigenvalue weighted by Gasteiger charge is 2.13. The van der Waals surface area contributed by atoms with Crippen molar-refractivity contribution in [2.75, 3.05) is 6.54 Å². The van der Waals surface area contributed by atoms with E-state index in [0.717, 1.165) is 6.42 Å². The fraction of sp³-hybridized carbons (Fsp3) is 0.500. The molecule has 0 spiro atoms.